The molecular formula is C14H18N4O2. The Hall–Kier alpha value is -2.10. The summed E-state index contributed by atoms with van der Waals surface area (Å²) in [4.78, 5) is 12.8. The molecule has 1 heterocycles. The molecule has 1 unspecified atom stereocenters. The molecule has 20 heavy (non-hydrogen) atoms. The van der Waals surface area contributed by atoms with Crippen LogP contribution < -0.4 is 15.8 Å². The van der Waals surface area contributed by atoms with Crippen molar-refractivity contribution >= 4 is 5.91 Å². The third kappa shape index (κ3) is 3.70. The van der Waals surface area contributed by atoms with Crippen LogP contribution in [-0.4, -0.2) is 43.6 Å². The highest BCUT2D eigenvalue weighted by atomic mass is 16.5. The van der Waals surface area contributed by atoms with Gasteiger partial charge in [-0.2, -0.15) is 5.26 Å². The first-order chi connectivity index (χ1) is 9.70. The molecule has 2 rings (SSSR count). The number of ether oxygens (including phenoxy) is 1. The van der Waals surface area contributed by atoms with Crippen molar-refractivity contribution in [2.45, 2.75) is 6.04 Å². The molecule has 1 amide bonds. The number of amides is 1. The summed E-state index contributed by atoms with van der Waals surface area (Å²) in [5, 5.41) is 12.6. The first-order valence-electron chi connectivity index (χ1n) is 6.56. The maximum atomic E-state index is 10.6. The Bertz CT molecular complexity index is 489. The van der Waals surface area contributed by atoms with Crippen LogP contribution in [0.15, 0.2) is 24.3 Å². The topological polar surface area (TPSA) is 91.4 Å². The van der Waals surface area contributed by atoms with Gasteiger partial charge in [0.2, 0.25) is 0 Å². The van der Waals surface area contributed by atoms with Crippen LogP contribution in [0.2, 0.25) is 0 Å². The molecule has 1 fully saturated rings. The van der Waals surface area contributed by atoms with Crippen LogP contribution in [0.5, 0.6) is 5.75 Å². The van der Waals surface area contributed by atoms with Crippen molar-refractivity contribution < 1.29 is 9.53 Å². The lowest BCUT2D eigenvalue weighted by atomic mass is 10.1. The summed E-state index contributed by atoms with van der Waals surface area (Å²) in [6.45, 7) is 3.38. The summed E-state index contributed by atoms with van der Waals surface area (Å²) >= 11 is 0. The Morgan fingerprint density at radius 3 is 2.60 bits per heavy atom. The molecule has 1 atom stereocenters. The van der Waals surface area contributed by atoms with E-state index < -0.39 is 5.91 Å². The number of carbonyl (C=O) groups is 1. The summed E-state index contributed by atoms with van der Waals surface area (Å²) in [7, 11) is 0. The largest absolute Gasteiger partial charge is 0.484 e. The molecule has 1 aliphatic heterocycles. The van der Waals surface area contributed by atoms with Crippen LogP contribution >= 0.6 is 0 Å². The molecule has 0 radical (unpaired) electrons. The number of rotatable bonds is 5. The summed E-state index contributed by atoms with van der Waals surface area (Å²) in [6, 6.07) is 9.31. The van der Waals surface area contributed by atoms with Crippen molar-refractivity contribution in [1.29, 1.82) is 5.26 Å². The number of nitrogens with zero attached hydrogens (tertiary/aromatic N) is 2. The van der Waals surface area contributed by atoms with Crippen LogP contribution in [-0.2, 0) is 4.79 Å². The standard InChI is InChI=1S/C14H18N4O2/c15-9-13(18-7-5-17-6-8-18)11-1-3-12(4-2-11)20-10-14(16)19/h1-4,13,17H,5-8,10H2,(H2,16,19). The first-order valence-corrected chi connectivity index (χ1v) is 6.56. The number of hydrogen-bond donors (Lipinski definition) is 2. The van der Waals surface area contributed by atoms with E-state index in [0.717, 1.165) is 31.7 Å². The summed E-state index contributed by atoms with van der Waals surface area (Å²) in [5.74, 6) is 0.0642. The maximum absolute atomic E-state index is 10.6. The maximum Gasteiger partial charge on any atom is 0.255 e. The zero-order valence-corrected chi connectivity index (χ0v) is 11.2. The highest BCUT2D eigenvalue weighted by molar-refractivity contribution is 5.75. The Balaban J connectivity index is 2.03. The van der Waals surface area contributed by atoms with E-state index in [9.17, 15) is 10.1 Å². The lowest BCUT2D eigenvalue weighted by Gasteiger charge is -2.31. The van der Waals surface area contributed by atoms with E-state index >= 15 is 0 Å². The van der Waals surface area contributed by atoms with Gasteiger partial charge >= 0.3 is 0 Å². The Morgan fingerprint density at radius 1 is 1.40 bits per heavy atom. The second-order valence-corrected chi connectivity index (χ2v) is 4.64. The molecular weight excluding hydrogens is 256 g/mol. The van der Waals surface area contributed by atoms with Gasteiger partial charge in [-0.1, -0.05) is 12.1 Å². The van der Waals surface area contributed by atoms with Gasteiger partial charge in [-0.05, 0) is 17.7 Å². The minimum atomic E-state index is -0.509. The third-order valence-electron chi connectivity index (χ3n) is 3.22. The lowest BCUT2D eigenvalue weighted by Crippen LogP contribution is -2.44. The molecule has 1 saturated heterocycles. The number of nitriles is 1. The quantitative estimate of drug-likeness (QED) is 0.790. The fourth-order valence-electron chi connectivity index (χ4n) is 2.21. The van der Waals surface area contributed by atoms with Crippen molar-refractivity contribution in [3.05, 3.63) is 29.8 Å². The zero-order chi connectivity index (χ0) is 14.4. The Labute approximate surface area is 118 Å². The van der Waals surface area contributed by atoms with Crippen molar-refractivity contribution in [1.82, 2.24) is 10.2 Å². The van der Waals surface area contributed by atoms with Gasteiger partial charge in [0.15, 0.2) is 6.61 Å². The first kappa shape index (κ1) is 14.3. The predicted molar refractivity (Wildman–Crippen MR) is 73.9 cm³/mol. The zero-order valence-electron chi connectivity index (χ0n) is 11.2. The van der Waals surface area contributed by atoms with Crippen molar-refractivity contribution in [2.24, 2.45) is 5.73 Å². The van der Waals surface area contributed by atoms with Gasteiger partial charge in [0, 0.05) is 26.2 Å². The normalized spacial score (nSPS) is 17.1. The predicted octanol–water partition coefficient (Wildman–Crippen LogP) is 0.0206. The summed E-state index contributed by atoms with van der Waals surface area (Å²) in [6.07, 6.45) is 0. The van der Waals surface area contributed by atoms with Gasteiger partial charge in [0.05, 0.1) is 6.07 Å². The van der Waals surface area contributed by atoms with Crippen LogP contribution in [0.25, 0.3) is 0 Å². The summed E-state index contributed by atoms with van der Waals surface area (Å²) < 4.78 is 5.20. The average molecular weight is 274 g/mol. The third-order valence-corrected chi connectivity index (χ3v) is 3.22. The van der Waals surface area contributed by atoms with Gasteiger partial charge in [0.25, 0.3) is 5.91 Å². The van der Waals surface area contributed by atoms with E-state index in [1.165, 1.54) is 0 Å². The van der Waals surface area contributed by atoms with E-state index in [2.05, 4.69) is 16.3 Å². The van der Waals surface area contributed by atoms with Crippen molar-refractivity contribution in [3.63, 3.8) is 0 Å². The van der Waals surface area contributed by atoms with Gasteiger partial charge in [0.1, 0.15) is 11.8 Å². The van der Waals surface area contributed by atoms with Gasteiger partial charge in [-0.15, -0.1) is 0 Å². The number of nitrogens with one attached hydrogen (secondary N) is 1. The van der Waals surface area contributed by atoms with Crippen LogP contribution in [0.3, 0.4) is 0 Å². The highest BCUT2D eigenvalue weighted by Crippen LogP contribution is 2.22. The highest BCUT2D eigenvalue weighted by Gasteiger charge is 2.21. The molecule has 0 aromatic heterocycles. The molecule has 0 aliphatic carbocycles. The molecule has 106 valence electrons. The van der Waals surface area contributed by atoms with Gasteiger partial charge < -0.3 is 15.8 Å². The molecule has 3 N–H and O–H groups in total. The molecule has 1 aromatic rings. The fraction of sp³-hybridized carbons (Fsp3) is 0.429. The molecule has 0 saturated carbocycles. The summed E-state index contributed by atoms with van der Waals surface area (Å²) in [5.41, 5.74) is 5.95. The Morgan fingerprint density at radius 2 is 2.05 bits per heavy atom. The number of primary amides is 1. The van der Waals surface area contributed by atoms with Crippen molar-refractivity contribution in [3.8, 4) is 11.8 Å². The SMILES string of the molecule is N#CC(c1ccc(OCC(N)=O)cc1)N1CCNCC1. The monoisotopic (exact) mass is 274 g/mol. The van der Waals surface area contributed by atoms with Crippen molar-refractivity contribution in [2.75, 3.05) is 32.8 Å². The molecule has 6 heteroatoms. The lowest BCUT2D eigenvalue weighted by molar-refractivity contribution is -0.119. The molecule has 0 spiro atoms. The second-order valence-electron chi connectivity index (χ2n) is 4.64. The van der Waals surface area contributed by atoms with Crippen LogP contribution in [0.1, 0.15) is 11.6 Å². The Kier molecular flexibility index (Phi) is 4.93. The van der Waals surface area contributed by atoms with E-state index in [1.807, 2.05) is 12.1 Å². The fourth-order valence-corrected chi connectivity index (χ4v) is 2.21. The number of hydrogen-bond acceptors (Lipinski definition) is 5. The number of carbonyl (C=O) groups excluding carboxylic acids is 1. The van der Waals surface area contributed by atoms with Crippen LogP contribution in [0.4, 0.5) is 0 Å². The number of piperazine rings is 1. The smallest absolute Gasteiger partial charge is 0.255 e. The molecule has 1 aromatic carbocycles. The van der Waals surface area contributed by atoms with E-state index in [4.69, 9.17) is 10.5 Å². The van der Waals surface area contributed by atoms with Gasteiger partial charge in [-0.25, -0.2) is 0 Å². The average Bonchev–Trinajstić information content (AvgIpc) is 2.48. The number of benzene rings is 1. The second kappa shape index (κ2) is 6.89. The van der Waals surface area contributed by atoms with E-state index in [0.29, 0.717) is 5.75 Å². The van der Waals surface area contributed by atoms with Gasteiger partial charge in [-0.3, -0.25) is 9.69 Å². The minimum absolute atomic E-state index is 0.140. The number of nitrogens with two attached hydrogens (primary N) is 1. The molecule has 0 bridgehead atoms. The van der Waals surface area contributed by atoms with E-state index in [-0.39, 0.29) is 12.6 Å². The molecule has 6 nitrogen and oxygen atoms in total. The van der Waals surface area contributed by atoms with E-state index in [1.54, 1.807) is 12.1 Å². The molecule has 1 aliphatic rings. The van der Waals surface area contributed by atoms with Crippen LogP contribution in [0, 0.1) is 11.3 Å². The minimum Gasteiger partial charge on any atom is -0.484 e.